The predicted molar refractivity (Wildman–Crippen MR) is 61.6 cm³/mol. The Labute approximate surface area is 107 Å². The molecule has 1 aromatic rings. The third kappa shape index (κ3) is 3.11. The van der Waals surface area contributed by atoms with Crippen molar-refractivity contribution in [2.24, 2.45) is 0 Å². The summed E-state index contributed by atoms with van der Waals surface area (Å²) in [6, 6.07) is 0. The summed E-state index contributed by atoms with van der Waals surface area (Å²) in [6.07, 6.45) is -2.59. The lowest BCUT2D eigenvalue weighted by Gasteiger charge is -2.21. The van der Waals surface area contributed by atoms with E-state index in [0.29, 0.717) is 25.9 Å². The van der Waals surface area contributed by atoms with Crippen LogP contribution in [0.4, 0.5) is 18.3 Å². The van der Waals surface area contributed by atoms with Gasteiger partial charge in [-0.2, -0.15) is 22.5 Å². The van der Waals surface area contributed by atoms with Crippen LogP contribution in [-0.4, -0.2) is 33.2 Å². The van der Waals surface area contributed by atoms with Gasteiger partial charge in [0.05, 0.1) is 5.60 Å². The van der Waals surface area contributed by atoms with Crippen molar-refractivity contribution < 1.29 is 18.3 Å². The fourth-order valence-corrected chi connectivity index (χ4v) is 2.65. The van der Waals surface area contributed by atoms with Crippen LogP contribution in [0.25, 0.3) is 0 Å². The first kappa shape index (κ1) is 13.5. The Morgan fingerprint density at radius 3 is 2.67 bits per heavy atom. The van der Waals surface area contributed by atoms with Crippen LogP contribution in [0.3, 0.4) is 0 Å². The number of hydrogen-bond donors (Lipinski definition) is 1. The minimum Gasteiger partial charge on any atom is -0.390 e. The Morgan fingerprint density at radius 2 is 2.06 bits per heavy atom. The second-order valence-corrected chi connectivity index (χ2v) is 5.47. The van der Waals surface area contributed by atoms with Crippen molar-refractivity contribution in [2.75, 3.05) is 18.0 Å². The third-order valence-corrected chi connectivity index (χ3v) is 3.78. The van der Waals surface area contributed by atoms with Crippen LogP contribution < -0.4 is 4.90 Å². The Balaban J connectivity index is 2.10. The summed E-state index contributed by atoms with van der Waals surface area (Å²) in [4.78, 5) is 5.28. The molecule has 18 heavy (non-hydrogen) atoms. The standard InChI is InChI=1S/C10H14F3N3OS/c1-9(17)3-2-5-16(6-4-9)8-14-7(15-18-8)10(11,12)13/h17H,2-6H2,1H3. The molecule has 1 fully saturated rings. The van der Waals surface area contributed by atoms with Crippen molar-refractivity contribution in [3.8, 4) is 0 Å². The Hall–Kier alpha value is -0.890. The summed E-state index contributed by atoms with van der Waals surface area (Å²) >= 11 is 0.756. The largest absolute Gasteiger partial charge is 0.452 e. The molecule has 0 saturated carbocycles. The molecule has 0 spiro atoms. The molecule has 1 N–H and O–H groups in total. The number of halogens is 3. The van der Waals surface area contributed by atoms with E-state index in [1.165, 1.54) is 0 Å². The lowest BCUT2D eigenvalue weighted by atomic mass is 9.98. The fraction of sp³-hybridized carbons (Fsp3) is 0.800. The highest BCUT2D eigenvalue weighted by atomic mass is 32.1. The van der Waals surface area contributed by atoms with E-state index < -0.39 is 17.6 Å². The number of hydrogen-bond acceptors (Lipinski definition) is 5. The second kappa shape index (κ2) is 4.65. The second-order valence-electron chi connectivity index (χ2n) is 4.74. The van der Waals surface area contributed by atoms with Gasteiger partial charge in [0.25, 0.3) is 0 Å². The molecule has 1 aromatic heterocycles. The number of aromatic nitrogens is 2. The van der Waals surface area contributed by atoms with Gasteiger partial charge >= 0.3 is 6.18 Å². The van der Waals surface area contributed by atoms with Gasteiger partial charge in [-0.25, -0.2) is 0 Å². The normalized spacial score (nSPS) is 26.2. The van der Waals surface area contributed by atoms with Gasteiger partial charge in [0, 0.05) is 24.6 Å². The van der Waals surface area contributed by atoms with Crippen molar-refractivity contribution in [2.45, 2.75) is 38.0 Å². The van der Waals surface area contributed by atoms with E-state index in [1.807, 2.05) is 0 Å². The van der Waals surface area contributed by atoms with Crippen LogP contribution >= 0.6 is 11.5 Å². The first-order valence-corrected chi connectivity index (χ1v) is 6.43. The van der Waals surface area contributed by atoms with Gasteiger partial charge in [0.1, 0.15) is 0 Å². The van der Waals surface area contributed by atoms with Gasteiger partial charge in [0.15, 0.2) is 0 Å². The highest BCUT2D eigenvalue weighted by Gasteiger charge is 2.37. The molecular weight excluding hydrogens is 267 g/mol. The summed E-state index contributed by atoms with van der Waals surface area (Å²) < 4.78 is 40.5. The molecule has 0 bridgehead atoms. The zero-order valence-corrected chi connectivity index (χ0v) is 10.7. The minimum atomic E-state index is -4.49. The third-order valence-electron chi connectivity index (χ3n) is 3.00. The molecule has 0 aromatic carbocycles. The first-order valence-electron chi connectivity index (χ1n) is 5.66. The van der Waals surface area contributed by atoms with Crippen LogP contribution in [0, 0.1) is 0 Å². The van der Waals surface area contributed by atoms with E-state index in [4.69, 9.17) is 0 Å². The summed E-state index contributed by atoms with van der Waals surface area (Å²) in [7, 11) is 0. The van der Waals surface area contributed by atoms with E-state index in [-0.39, 0.29) is 5.13 Å². The van der Waals surface area contributed by atoms with Gasteiger partial charge in [-0.05, 0) is 26.2 Å². The van der Waals surface area contributed by atoms with E-state index >= 15 is 0 Å². The highest BCUT2D eigenvalue weighted by Crippen LogP contribution is 2.31. The van der Waals surface area contributed by atoms with Crippen LogP contribution in [0.1, 0.15) is 32.0 Å². The molecule has 1 aliphatic rings. The summed E-state index contributed by atoms with van der Waals surface area (Å²) in [6.45, 7) is 2.85. The quantitative estimate of drug-likeness (QED) is 0.858. The summed E-state index contributed by atoms with van der Waals surface area (Å²) in [5.74, 6) is -1.08. The van der Waals surface area contributed by atoms with Crippen molar-refractivity contribution >= 4 is 16.7 Å². The molecule has 8 heteroatoms. The van der Waals surface area contributed by atoms with Crippen molar-refractivity contribution in [1.82, 2.24) is 9.36 Å². The molecule has 1 unspecified atom stereocenters. The molecule has 4 nitrogen and oxygen atoms in total. The van der Waals surface area contributed by atoms with Gasteiger partial charge in [-0.3, -0.25) is 0 Å². The Kier molecular flexibility index (Phi) is 3.50. The minimum absolute atomic E-state index is 0.278. The smallest absolute Gasteiger partial charge is 0.390 e. The number of aliphatic hydroxyl groups is 1. The number of nitrogens with zero attached hydrogens (tertiary/aromatic N) is 3. The van der Waals surface area contributed by atoms with E-state index in [0.717, 1.165) is 18.0 Å². The van der Waals surface area contributed by atoms with Crippen molar-refractivity contribution in [3.63, 3.8) is 0 Å². The van der Waals surface area contributed by atoms with Crippen LogP contribution in [0.2, 0.25) is 0 Å². The lowest BCUT2D eigenvalue weighted by Crippen LogP contribution is -2.28. The SMILES string of the molecule is CC1(O)CCCN(c2nc(C(F)(F)F)ns2)CC1. The molecular formula is C10H14F3N3OS. The van der Waals surface area contributed by atoms with E-state index in [2.05, 4.69) is 9.36 Å². The maximum absolute atomic E-state index is 12.4. The van der Waals surface area contributed by atoms with Gasteiger partial charge in [0.2, 0.25) is 11.0 Å². The number of rotatable bonds is 1. The molecule has 2 heterocycles. The zero-order chi connectivity index (χ0) is 13.4. The molecule has 1 atom stereocenters. The zero-order valence-electron chi connectivity index (χ0n) is 9.87. The summed E-state index contributed by atoms with van der Waals surface area (Å²) in [5, 5.41) is 10.2. The number of anilines is 1. The lowest BCUT2D eigenvalue weighted by molar-refractivity contribution is -0.144. The molecule has 1 saturated heterocycles. The van der Waals surface area contributed by atoms with Crippen molar-refractivity contribution in [3.05, 3.63) is 5.82 Å². The van der Waals surface area contributed by atoms with Crippen LogP contribution in [0.5, 0.6) is 0 Å². The molecule has 1 aliphatic heterocycles. The molecule has 102 valence electrons. The number of alkyl halides is 3. The van der Waals surface area contributed by atoms with Crippen LogP contribution in [-0.2, 0) is 6.18 Å². The van der Waals surface area contributed by atoms with Crippen molar-refractivity contribution in [1.29, 1.82) is 0 Å². The molecule has 0 aliphatic carbocycles. The topological polar surface area (TPSA) is 49.2 Å². The fourth-order valence-electron chi connectivity index (χ4n) is 1.91. The monoisotopic (exact) mass is 281 g/mol. The predicted octanol–water partition coefficient (Wildman–Crippen LogP) is 2.30. The Morgan fingerprint density at radius 1 is 1.33 bits per heavy atom. The maximum atomic E-state index is 12.4. The Bertz CT molecular complexity index is 419. The average molecular weight is 281 g/mol. The van der Waals surface area contributed by atoms with E-state index in [1.54, 1.807) is 11.8 Å². The van der Waals surface area contributed by atoms with Gasteiger partial charge in [-0.15, -0.1) is 0 Å². The van der Waals surface area contributed by atoms with E-state index in [9.17, 15) is 18.3 Å². The first-order chi connectivity index (χ1) is 8.28. The highest BCUT2D eigenvalue weighted by molar-refractivity contribution is 7.09. The molecule has 0 radical (unpaired) electrons. The van der Waals surface area contributed by atoms with Gasteiger partial charge in [-0.1, -0.05) is 0 Å². The molecule has 0 amide bonds. The maximum Gasteiger partial charge on any atom is 0.452 e. The average Bonchev–Trinajstić information content (AvgIpc) is 2.65. The van der Waals surface area contributed by atoms with Gasteiger partial charge < -0.3 is 10.0 Å². The summed E-state index contributed by atoms with van der Waals surface area (Å²) in [5.41, 5.74) is -0.744. The van der Waals surface area contributed by atoms with Crippen LogP contribution in [0.15, 0.2) is 0 Å². The molecule has 2 rings (SSSR count).